The Hall–Kier alpha value is -2.50. The van der Waals surface area contributed by atoms with Gasteiger partial charge in [0.25, 0.3) is 0 Å². The van der Waals surface area contributed by atoms with Gasteiger partial charge in [-0.1, -0.05) is 42.8 Å². The van der Waals surface area contributed by atoms with Crippen LogP contribution in [0.1, 0.15) is 51.6 Å². The summed E-state index contributed by atoms with van der Waals surface area (Å²) in [6.45, 7) is 4.31. The molecule has 4 rings (SSSR count). The molecular formula is C22H21ClN2O3. The molecule has 28 heavy (non-hydrogen) atoms. The number of amides is 1. The SMILES string of the molecule is CC1CCN(CC(=O)Nc2cc3c(cc2Cl)C(=O)c2ccccc2C3=O)CC1. The van der Waals surface area contributed by atoms with Gasteiger partial charge in [0.05, 0.1) is 17.3 Å². The van der Waals surface area contributed by atoms with Crippen molar-refractivity contribution in [3.63, 3.8) is 0 Å². The molecule has 1 amide bonds. The Morgan fingerprint density at radius 2 is 1.61 bits per heavy atom. The van der Waals surface area contributed by atoms with E-state index in [-0.39, 0.29) is 40.2 Å². The minimum Gasteiger partial charge on any atom is -0.324 e. The Bertz CT molecular complexity index is 978. The molecule has 2 aromatic rings. The first-order chi connectivity index (χ1) is 13.4. The zero-order chi connectivity index (χ0) is 19.8. The van der Waals surface area contributed by atoms with Crippen LogP contribution in [0.2, 0.25) is 5.02 Å². The van der Waals surface area contributed by atoms with E-state index in [0.717, 1.165) is 25.9 Å². The molecule has 0 atom stereocenters. The molecule has 0 saturated carbocycles. The summed E-state index contributed by atoms with van der Waals surface area (Å²) in [4.78, 5) is 40.1. The standard InChI is InChI=1S/C22H21ClN2O3/c1-13-6-8-25(9-7-13)12-20(26)24-19-11-17-16(10-18(19)23)21(27)14-4-2-3-5-15(14)22(17)28/h2-5,10-11,13H,6-9,12H2,1H3,(H,24,26). The summed E-state index contributed by atoms with van der Waals surface area (Å²) in [5, 5.41) is 3.05. The van der Waals surface area contributed by atoms with Crippen LogP contribution in [0.3, 0.4) is 0 Å². The molecule has 1 heterocycles. The second-order valence-corrected chi connectivity index (χ2v) is 8.00. The first kappa shape index (κ1) is 18.8. The van der Waals surface area contributed by atoms with Crippen molar-refractivity contribution in [1.82, 2.24) is 4.90 Å². The van der Waals surface area contributed by atoms with Crippen LogP contribution in [0, 0.1) is 5.92 Å². The molecular weight excluding hydrogens is 376 g/mol. The summed E-state index contributed by atoms with van der Waals surface area (Å²) in [6, 6.07) is 9.74. The van der Waals surface area contributed by atoms with E-state index >= 15 is 0 Å². The number of halogens is 1. The Kier molecular flexibility index (Phi) is 5.04. The summed E-state index contributed by atoms with van der Waals surface area (Å²) in [6.07, 6.45) is 2.17. The van der Waals surface area contributed by atoms with E-state index in [2.05, 4.69) is 17.1 Å². The number of fused-ring (bicyclic) bond motifs is 2. The van der Waals surface area contributed by atoms with Gasteiger partial charge in [-0.25, -0.2) is 0 Å². The molecule has 0 bridgehead atoms. The van der Waals surface area contributed by atoms with Crippen molar-refractivity contribution >= 4 is 34.8 Å². The van der Waals surface area contributed by atoms with Crippen molar-refractivity contribution < 1.29 is 14.4 Å². The third-order valence-electron chi connectivity index (χ3n) is 5.53. The number of nitrogens with zero attached hydrogens (tertiary/aromatic N) is 1. The molecule has 144 valence electrons. The highest BCUT2D eigenvalue weighted by Gasteiger charge is 2.30. The van der Waals surface area contributed by atoms with Crippen molar-refractivity contribution in [2.24, 2.45) is 5.92 Å². The molecule has 0 radical (unpaired) electrons. The maximum Gasteiger partial charge on any atom is 0.238 e. The van der Waals surface area contributed by atoms with Gasteiger partial charge >= 0.3 is 0 Å². The van der Waals surface area contributed by atoms with Gasteiger partial charge in [-0.2, -0.15) is 0 Å². The van der Waals surface area contributed by atoms with Gasteiger partial charge in [0.2, 0.25) is 5.91 Å². The molecule has 0 spiro atoms. The summed E-state index contributed by atoms with van der Waals surface area (Å²) in [5.41, 5.74) is 1.66. The minimum absolute atomic E-state index is 0.175. The Labute approximate surface area is 168 Å². The summed E-state index contributed by atoms with van der Waals surface area (Å²) in [5.74, 6) is 0.0574. The van der Waals surface area contributed by atoms with Gasteiger partial charge in [0.1, 0.15) is 0 Å². The van der Waals surface area contributed by atoms with Gasteiger partial charge < -0.3 is 5.32 Å². The van der Waals surface area contributed by atoms with Gasteiger partial charge in [-0.15, -0.1) is 0 Å². The van der Waals surface area contributed by atoms with Crippen molar-refractivity contribution in [2.75, 3.05) is 25.0 Å². The second-order valence-electron chi connectivity index (χ2n) is 7.59. The lowest BCUT2D eigenvalue weighted by molar-refractivity contribution is -0.117. The summed E-state index contributed by atoms with van der Waals surface area (Å²) >= 11 is 6.32. The molecule has 0 unspecified atom stereocenters. The number of nitrogens with one attached hydrogen (secondary N) is 1. The molecule has 1 fully saturated rings. The molecule has 6 heteroatoms. The smallest absolute Gasteiger partial charge is 0.238 e. The van der Waals surface area contributed by atoms with Crippen molar-refractivity contribution in [1.29, 1.82) is 0 Å². The fourth-order valence-electron chi connectivity index (χ4n) is 3.83. The number of piperidine rings is 1. The predicted molar refractivity (Wildman–Crippen MR) is 108 cm³/mol. The number of ketones is 2. The molecule has 5 nitrogen and oxygen atoms in total. The van der Waals surface area contributed by atoms with E-state index in [9.17, 15) is 14.4 Å². The number of hydrogen-bond acceptors (Lipinski definition) is 4. The van der Waals surface area contributed by atoms with E-state index in [1.54, 1.807) is 24.3 Å². The van der Waals surface area contributed by atoms with Gasteiger partial charge in [0.15, 0.2) is 11.6 Å². The first-order valence-corrected chi connectivity index (χ1v) is 9.86. The maximum atomic E-state index is 12.8. The topological polar surface area (TPSA) is 66.5 Å². The van der Waals surface area contributed by atoms with Crippen LogP contribution in [-0.2, 0) is 4.79 Å². The first-order valence-electron chi connectivity index (χ1n) is 9.48. The lowest BCUT2D eigenvalue weighted by atomic mass is 9.84. The normalized spacial score (nSPS) is 17.2. The van der Waals surface area contributed by atoms with Crippen molar-refractivity contribution in [2.45, 2.75) is 19.8 Å². The van der Waals surface area contributed by atoms with Gasteiger partial charge in [0, 0.05) is 22.3 Å². The van der Waals surface area contributed by atoms with Crippen LogP contribution in [0.25, 0.3) is 0 Å². The molecule has 2 aromatic carbocycles. The third kappa shape index (κ3) is 3.48. The number of benzene rings is 2. The van der Waals surface area contributed by atoms with Crippen LogP contribution >= 0.6 is 11.6 Å². The quantitative estimate of drug-likeness (QED) is 0.731. The molecule has 1 saturated heterocycles. The van der Waals surface area contributed by atoms with Crippen LogP contribution < -0.4 is 5.32 Å². The Balaban J connectivity index is 1.56. The van der Waals surface area contributed by atoms with E-state index < -0.39 is 0 Å². The lowest BCUT2D eigenvalue weighted by Gasteiger charge is -2.29. The highest BCUT2D eigenvalue weighted by atomic mass is 35.5. The minimum atomic E-state index is -0.234. The number of carbonyl (C=O) groups excluding carboxylic acids is 3. The zero-order valence-electron chi connectivity index (χ0n) is 15.6. The molecule has 1 N–H and O–H groups in total. The largest absolute Gasteiger partial charge is 0.324 e. The molecule has 1 aliphatic heterocycles. The van der Waals surface area contributed by atoms with Crippen LogP contribution in [-0.4, -0.2) is 42.0 Å². The molecule has 2 aliphatic rings. The summed E-state index contributed by atoms with van der Waals surface area (Å²) in [7, 11) is 0. The van der Waals surface area contributed by atoms with E-state index in [0.29, 0.717) is 22.7 Å². The van der Waals surface area contributed by atoms with Gasteiger partial charge in [-0.05, 0) is 44.0 Å². The van der Waals surface area contributed by atoms with Crippen molar-refractivity contribution in [3.8, 4) is 0 Å². The number of hydrogen-bond donors (Lipinski definition) is 1. The van der Waals surface area contributed by atoms with Gasteiger partial charge in [-0.3, -0.25) is 19.3 Å². The molecule has 1 aliphatic carbocycles. The number of likely N-dealkylation sites (tertiary alicyclic amines) is 1. The molecule has 0 aromatic heterocycles. The van der Waals surface area contributed by atoms with Crippen molar-refractivity contribution in [3.05, 3.63) is 63.7 Å². The third-order valence-corrected chi connectivity index (χ3v) is 5.84. The second kappa shape index (κ2) is 7.49. The fourth-order valence-corrected chi connectivity index (χ4v) is 4.04. The zero-order valence-corrected chi connectivity index (χ0v) is 16.4. The van der Waals surface area contributed by atoms with E-state index in [1.807, 2.05) is 0 Å². The van der Waals surface area contributed by atoms with Crippen LogP contribution in [0.4, 0.5) is 5.69 Å². The average Bonchev–Trinajstić information content (AvgIpc) is 2.69. The Morgan fingerprint density at radius 1 is 1.04 bits per heavy atom. The predicted octanol–water partition coefficient (Wildman–Crippen LogP) is 3.79. The number of carbonyl (C=O) groups is 3. The maximum absolute atomic E-state index is 12.8. The Morgan fingerprint density at radius 3 is 2.21 bits per heavy atom. The fraction of sp³-hybridized carbons (Fsp3) is 0.318. The highest BCUT2D eigenvalue weighted by molar-refractivity contribution is 6.36. The number of anilines is 1. The number of rotatable bonds is 3. The highest BCUT2D eigenvalue weighted by Crippen LogP contribution is 2.33. The van der Waals surface area contributed by atoms with Crippen LogP contribution in [0.5, 0.6) is 0 Å². The summed E-state index contributed by atoms with van der Waals surface area (Å²) < 4.78 is 0. The van der Waals surface area contributed by atoms with E-state index in [4.69, 9.17) is 11.6 Å². The monoisotopic (exact) mass is 396 g/mol. The lowest BCUT2D eigenvalue weighted by Crippen LogP contribution is -2.38. The average molecular weight is 397 g/mol. The van der Waals surface area contributed by atoms with Crippen LogP contribution in [0.15, 0.2) is 36.4 Å². The van der Waals surface area contributed by atoms with E-state index in [1.165, 1.54) is 12.1 Å².